The number of methoxy groups -OCH3 is 1. The molecule has 2 rings (SSSR count). The van der Waals surface area contributed by atoms with Gasteiger partial charge < -0.3 is 10.1 Å². The highest BCUT2D eigenvalue weighted by molar-refractivity contribution is 5.21. The van der Waals surface area contributed by atoms with Crippen molar-refractivity contribution in [2.24, 2.45) is 5.41 Å². The summed E-state index contributed by atoms with van der Waals surface area (Å²) < 4.78 is 5.13. The molecule has 1 aliphatic rings. The summed E-state index contributed by atoms with van der Waals surface area (Å²) in [5.41, 5.74) is 3.12. The van der Waals surface area contributed by atoms with Crippen LogP contribution in [0.3, 0.4) is 0 Å². The van der Waals surface area contributed by atoms with Crippen LogP contribution in [0.5, 0.6) is 0 Å². The first-order valence-corrected chi connectivity index (χ1v) is 7.49. The molecule has 0 unspecified atom stereocenters. The van der Waals surface area contributed by atoms with Crippen molar-refractivity contribution in [3.8, 4) is 0 Å². The van der Waals surface area contributed by atoms with Crippen molar-refractivity contribution < 1.29 is 4.74 Å². The third-order valence-electron chi connectivity index (χ3n) is 4.28. The Bertz CT molecular complexity index is 365. The molecule has 0 saturated heterocycles. The zero-order valence-corrected chi connectivity index (χ0v) is 12.4. The number of nitrogens with one attached hydrogen (secondary N) is 1. The van der Waals surface area contributed by atoms with Gasteiger partial charge in [-0.15, -0.1) is 0 Å². The van der Waals surface area contributed by atoms with E-state index in [0.29, 0.717) is 12.0 Å². The van der Waals surface area contributed by atoms with Crippen molar-refractivity contribution in [2.75, 3.05) is 13.7 Å². The highest BCUT2D eigenvalue weighted by Crippen LogP contribution is 2.34. The Hall–Kier alpha value is -0.860. The quantitative estimate of drug-likeness (QED) is 0.838. The fourth-order valence-corrected chi connectivity index (χ4v) is 3.01. The van der Waals surface area contributed by atoms with Crippen molar-refractivity contribution in [1.82, 2.24) is 5.32 Å². The molecule has 1 aliphatic carbocycles. The van der Waals surface area contributed by atoms with Crippen LogP contribution >= 0.6 is 0 Å². The van der Waals surface area contributed by atoms with Gasteiger partial charge in [-0.25, -0.2) is 0 Å². The lowest BCUT2D eigenvalue weighted by molar-refractivity contribution is 0.185. The highest BCUT2D eigenvalue weighted by Gasteiger charge is 2.25. The summed E-state index contributed by atoms with van der Waals surface area (Å²) in [5, 5.41) is 3.63. The number of ether oxygens (including phenoxy) is 1. The molecule has 1 aromatic carbocycles. The molecule has 1 N–H and O–H groups in total. The minimum Gasteiger partial charge on any atom is -0.380 e. The third kappa shape index (κ3) is 4.63. The number of hydrogen-bond donors (Lipinski definition) is 1. The molecule has 1 saturated carbocycles. The number of benzene rings is 1. The van der Waals surface area contributed by atoms with Gasteiger partial charge in [-0.3, -0.25) is 0 Å². The summed E-state index contributed by atoms with van der Waals surface area (Å²) >= 11 is 0. The van der Waals surface area contributed by atoms with Gasteiger partial charge in [0.15, 0.2) is 0 Å². The lowest BCUT2D eigenvalue weighted by Gasteiger charge is -2.33. The van der Waals surface area contributed by atoms with Crippen LogP contribution < -0.4 is 5.32 Å². The zero-order chi connectivity index (χ0) is 13.6. The molecule has 19 heavy (non-hydrogen) atoms. The third-order valence-corrected chi connectivity index (χ3v) is 4.28. The molecule has 106 valence electrons. The molecule has 0 amide bonds. The molecule has 2 nitrogen and oxygen atoms in total. The van der Waals surface area contributed by atoms with E-state index in [9.17, 15) is 0 Å². The van der Waals surface area contributed by atoms with Gasteiger partial charge >= 0.3 is 0 Å². The van der Waals surface area contributed by atoms with Gasteiger partial charge in [0.1, 0.15) is 0 Å². The van der Waals surface area contributed by atoms with Gasteiger partial charge in [-0.05, 0) is 29.4 Å². The molecule has 1 aromatic rings. The van der Waals surface area contributed by atoms with Gasteiger partial charge in [0, 0.05) is 20.2 Å². The van der Waals surface area contributed by atoms with Crippen molar-refractivity contribution in [2.45, 2.75) is 52.2 Å². The molecular weight excluding hydrogens is 234 g/mol. The van der Waals surface area contributed by atoms with E-state index in [1.807, 2.05) is 0 Å². The van der Waals surface area contributed by atoms with Crippen LogP contribution in [0.1, 0.15) is 50.2 Å². The normalized spacial score (nSPS) is 18.4. The Morgan fingerprint density at radius 1 is 1.05 bits per heavy atom. The van der Waals surface area contributed by atoms with Crippen LogP contribution in [0, 0.1) is 5.41 Å². The summed E-state index contributed by atoms with van der Waals surface area (Å²) in [7, 11) is 1.74. The molecule has 0 heterocycles. The SMILES string of the molecule is COCc1ccc(CNCC2(C)CCCCC2)cc1. The molecule has 0 spiro atoms. The highest BCUT2D eigenvalue weighted by atomic mass is 16.5. The number of hydrogen-bond acceptors (Lipinski definition) is 2. The second-order valence-corrected chi connectivity index (χ2v) is 6.22. The summed E-state index contributed by atoms with van der Waals surface area (Å²) in [6.45, 7) is 5.25. The fourth-order valence-electron chi connectivity index (χ4n) is 3.01. The first kappa shape index (κ1) is 14.5. The van der Waals surface area contributed by atoms with Crippen molar-refractivity contribution in [1.29, 1.82) is 0 Å². The van der Waals surface area contributed by atoms with Gasteiger partial charge in [0.05, 0.1) is 6.61 Å². The smallest absolute Gasteiger partial charge is 0.0713 e. The maximum Gasteiger partial charge on any atom is 0.0713 e. The largest absolute Gasteiger partial charge is 0.380 e. The van der Waals surface area contributed by atoms with Crippen LogP contribution in [0.4, 0.5) is 0 Å². The molecular formula is C17H27NO. The molecule has 0 bridgehead atoms. The first-order valence-electron chi connectivity index (χ1n) is 7.49. The van der Waals surface area contributed by atoms with Gasteiger partial charge in [0.25, 0.3) is 0 Å². The van der Waals surface area contributed by atoms with Crippen molar-refractivity contribution in [3.63, 3.8) is 0 Å². The topological polar surface area (TPSA) is 21.3 Å². The second kappa shape index (κ2) is 7.06. The Labute approximate surface area is 117 Å². The summed E-state index contributed by atoms with van der Waals surface area (Å²) in [4.78, 5) is 0. The minimum atomic E-state index is 0.522. The van der Waals surface area contributed by atoms with E-state index in [4.69, 9.17) is 4.74 Å². The molecule has 0 aromatic heterocycles. The van der Waals surface area contributed by atoms with Crippen LogP contribution in [-0.4, -0.2) is 13.7 Å². The lowest BCUT2D eigenvalue weighted by atomic mass is 9.76. The monoisotopic (exact) mass is 261 g/mol. The predicted molar refractivity (Wildman–Crippen MR) is 80.1 cm³/mol. The zero-order valence-electron chi connectivity index (χ0n) is 12.4. The maximum absolute atomic E-state index is 5.13. The molecule has 0 atom stereocenters. The van der Waals surface area contributed by atoms with E-state index in [1.54, 1.807) is 7.11 Å². The summed E-state index contributed by atoms with van der Waals surface area (Å²) in [5.74, 6) is 0. The van der Waals surface area contributed by atoms with Gasteiger partial charge in [-0.2, -0.15) is 0 Å². The van der Waals surface area contributed by atoms with Gasteiger partial charge in [-0.1, -0.05) is 50.5 Å². The minimum absolute atomic E-state index is 0.522. The Morgan fingerprint density at radius 2 is 1.68 bits per heavy atom. The van der Waals surface area contributed by atoms with E-state index in [1.165, 1.54) is 43.2 Å². The van der Waals surface area contributed by atoms with E-state index in [2.05, 4.69) is 36.5 Å². The average Bonchev–Trinajstić information content (AvgIpc) is 2.42. The maximum atomic E-state index is 5.13. The summed E-state index contributed by atoms with van der Waals surface area (Å²) in [6, 6.07) is 8.71. The second-order valence-electron chi connectivity index (χ2n) is 6.22. The van der Waals surface area contributed by atoms with E-state index >= 15 is 0 Å². The first-order chi connectivity index (χ1) is 9.22. The van der Waals surface area contributed by atoms with E-state index in [-0.39, 0.29) is 0 Å². The fraction of sp³-hybridized carbons (Fsp3) is 0.647. The van der Waals surface area contributed by atoms with Gasteiger partial charge in [0.2, 0.25) is 0 Å². The van der Waals surface area contributed by atoms with E-state index < -0.39 is 0 Å². The average molecular weight is 261 g/mol. The molecule has 0 radical (unpaired) electrons. The van der Waals surface area contributed by atoms with Crippen LogP contribution in [0.15, 0.2) is 24.3 Å². The Kier molecular flexibility index (Phi) is 5.41. The lowest BCUT2D eigenvalue weighted by Crippen LogP contribution is -2.33. The molecule has 1 fully saturated rings. The van der Waals surface area contributed by atoms with Crippen molar-refractivity contribution >= 4 is 0 Å². The predicted octanol–water partition coefficient (Wildman–Crippen LogP) is 3.89. The van der Waals surface area contributed by atoms with E-state index in [0.717, 1.165) is 13.1 Å². The Balaban J connectivity index is 1.75. The Morgan fingerprint density at radius 3 is 2.32 bits per heavy atom. The molecule has 2 heteroatoms. The van der Waals surface area contributed by atoms with Crippen LogP contribution in [0.25, 0.3) is 0 Å². The van der Waals surface area contributed by atoms with Crippen molar-refractivity contribution in [3.05, 3.63) is 35.4 Å². The molecule has 0 aliphatic heterocycles. The summed E-state index contributed by atoms with van der Waals surface area (Å²) in [6.07, 6.45) is 7.00. The number of rotatable bonds is 6. The standard InChI is InChI=1S/C17H27NO/c1-17(10-4-3-5-11-17)14-18-12-15-6-8-16(9-7-15)13-19-2/h6-9,18H,3-5,10-14H2,1-2H3. The van der Waals surface area contributed by atoms with Crippen LogP contribution in [0.2, 0.25) is 0 Å². The van der Waals surface area contributed by atoms with Crippen LogP contribution in [-0.2, 0) is 17.9 Å².